The number of amides is 1. The molecule has 0 aliphatic carbocycles. The number of furan rings is 1. The van der Waals surface area contributed by atoms with E-state index in [1.165, 1.54) is 5.56 Å². The van der Waals surface area contributed by atoms with Gasteiger partial charge >= 0.3 is 0 Å². The second-order valence-electron chi connectivity index (χ2n) is 6.80. The lowest BCUT2D eigenvalue weighted by molar-refractivity contribution is -0.139. The van der Waals surface area contributed by atoms with Gasteiger partial charge in [0, 0.05) is 38.2 Å². The van der Waals surface area contributed by atoms with Crippen molar-refractivity contribution in [2.45, 2.75) is 38.6 Å². The van der Waals surface area contributed by atoms with E-state index in [1.807, 2.05) is 17.2 Å². The number of likely N-dealkylation sites (tertiary alicyclic amines) is 2. The number of hydrogen-bond donors (Lipinski definition) is 1. The fraction of sp³-hybridized carbons (Fsp3) is 0.706. The van der Waals surface area contributed by atoms with Crippen molar-refractivity contribution in [1.29, 1.82) is 0 Å². The van der Waals surface area contributed by atoms with Gasteiger partial charge in [0.05, 0.1) is 12.5 Å². The molecule has 3 rings (SSSR count). The Balaban J connectivity index is 1.53. The Hall–Kier alpha value is -1.33. The molecule has 0 unspecified atom stereocenters. The van der Waals surface area contributed by atoms with E-state index in [0.717, 1.165) is 45.4 Å². The molecule has 0 atom stereocenters. The van der Waals surface area contributed by atoms with Crippen molar-refractivity contribution in [3.63, 3.8) is 0 Å². The van der Waals surface area contributed by atoms with Crippen molar-refractivity contribution >= 4 is 5.91 Å². The fourth-order valence-electron chi connectivity index (χ4n) is 3.80. The van der Waals surface area contributed by atoms with Gasteiger partial charge in [-0.2, -0.15) is 0 Å². The van der Waals surface area contributed by atoms with Crippen LogP contribution in [0.5, 0.6) is 0 Å². The maximum atomic E-state index is 12.0. The van der Waals surface area contributed by atoms with E-state index < -0.39 is 0 Å². The summed E-state index contributed by atoms with van der Waals surface area (Å²) in [5.74, 6) is 0.264. The van der Waals surface area contributed by atoms with Crippen LogP contribution in [0.15, 0.2) is 23.0 Å². The van der Waals surface area contributed by atoms with Crippen LogP contribution in [0.2, 0.25) is 0 Å². The summed E-state index contributed by atoms with van der Waals surface area (Å²) in [6.45, 7) is 4.89. The normalized spacial score (nSPS) is 22.4. The number of aliphatic hydroxyl groups is 1. The summed E-state index contributed by atoms with van der Waals surface area (Å²) in [6, 6.07) is 2.03. The standard InChI is InChI=1S/C17H26N2O3/c20-10-1-7-19-14-17(4-2-16(19)21)5-8-18(9-6-17)12-15-3-11-22-13-15/h3,11,13,20H,1-2,4-10,12,14H2. The average Bonchev–Trinajstić information content (AvgIpc) is 3.04. The fourth-order valence-corrected chi connectivity index (χ4v) is 3.80. The Kier molecular flexibility index (Phi) is 4.84. The zero-order chi connectivity index (χ0) is 15.4. The zero-order valence-electron chi connectivity index (χ0n) is 13.2. The molecule has 1 aromatic rings. The smallest absolute Gasteiger partial charge is 0.222 e. The minimum atomic E-state index is 0.162. The molecule has 3 heterocycles. The highest BCUT2D eigenvalue weighted by molar-refractivity contribution is 5.77. The lowest BCUT2D eigenvalue weighted by Crippen LogP contribution is -2.51. The summed E-state index contributed by atoms with van der Waals surface area (Å²) in [6.07, 6.45) is 8.26. The van der Waals surface area contributed by atoms with Gasteiger partial charge in [0.2, 0.25) is 5.91 Å². The number of piperidine rings is 2. The second kappa shape index (κ2) is 6.84. The number of carbonyl (C=O) groups excluding carboxylic acids is 1. The summed E-state index contributed by atoms with van der Waals surface area (Å²) < 4.78 is 5.14. The molecule has 5 nitrogen and oxygen atoms in total. The molecular formula is C17H26N2O3. The average molecular weight is 306 g/mol. The van der Waals surface area contributed by atoms with Crippen LogP contribution in [-0.2, 0) is 11.3 Å². The molecule has 1 spiro atoms. The minimum absolute atomic E-state index is 0.162. The highest BCUT2D eigenvalue weighted by Gasteiger charge is 2.40. The van der Waals surface area contributed by atoms with Crippen molar-refractivity contribution < 1.29 is 14.3 Å². The SMILES string of the molecule is O=C1CCC2(CCN(Cc3ccoc3)CC2)CN1CCCO. The molecule has 2 fully saturated rings. The summed E-state index contributed by atoms with van der Waals surface area (Å²) >= 11 is 0. The maximum Gasteiger partial charge on any atom is 0.222 e. The van der Waals surface area contributed by atoms with Gasteiger partial charge in [0.1, 0.15) is 0 Å². The van der Waals surface area contributed by atoms with Crippen LogP contribution in [0.4, 0.5) is 0 Å². The van der Waals surface area contributed by atoms with Gasteiger partial charge in [-0.3, -0.25) is 9.69 Å². The lowest BCUT2D eigenvalue weighted by atomic mass is 9.72. The van der Waals surface area contributed by atoms with Crippen molar-refractivity contribution in [2.24, 2.45) is 5.41 Å². The Morgan fingerprint density at radius 2 is 2.09 bits per heavy atom. The van der Waals surface area contributed by atoms with Gasteiger partial charge in [-0.15, -0.1) is 0 Å². The van der Waals surface area contributed by atoms with Crippen LogP contribution < -0.4 is 0 Å². The van der Waals surface area contributed by atoms with Crippen molar-refractivity contribution in [3.05, 3.63) is 24.2 Å². The summed E-state index contributed by atoms with van der Waals surface area (Å²) in [4.78, 5) is 16.5. The molecule has 0 saturated carbocycles. The van der Waals surface area contributed by atoms with E-state index in [4.69, 9.17) is 9.52 Å². The van der Waals surface area contributed by atoms with Crippen LogP contribution in [0, 0.1) is 5.41 Å². The van der Waals surface area contributed by atoms with Gasteiger partial charge < -0.3 is 14.4 Å². The first-order valence-electron chi connectivity index (χ1n) is 8.33. The third-order valence-corrected chi connectivity index (χ3v) is 5.24. The number of hydrogen-bond acceptors (Lipinski definition) is 4. The van der Waals surface area contributed by atoms with E-state index in [9.17, 15) is 4.79 Å². The largest absolute Gasteiger partial charge is 0.472 e. The van der Waals surface area contributed by atoms with E-state index >= 15 is 0 Å². The molecule has 0 radical (unpaired) electrons. The summed E-state index contributed by atoms with van der Waals surface area (Å²) in [5, 5.41) is 8.99. The number of carbonyl (C=O) groups is 1. The van der Waals surface area contributed by atoms with Gasteiger partial charge in [0.25, 0.3) is 0 Å². The third kappa shape index (κ3) is 3.52. The first-order valence-corrected chi connectivity index (χ1v) is 8.33. The van der Waals surface area contributed by atoms with E-state index in [0.29, 0.717) is 24.8 Å². The molecule has 122 valence electrons. The van der Waals surface area contributed by atoms with Crippen molar-refractivity contribution in [2.75, 3.05) is 32.8 Å². The third-order valence-electron chi connectivity index (χ3n) is 5.24. The molecule has 5 heteroatoms. The first kappa shape index (κ1) is 15.6. The molecule has 2 aliphatic heterocycles. The van der Waals surface area contributed by atoms with Gasteiger partial charge in [0.15, 0.2) is 0 Å². The minimum Gasteiger partial charge on any atom is -0.472 e. The zero-order valence-corrected chi connectivity index (χ0v) is 13.2. The van der Waals surface area contributed by atoms with Crippen LogP contribution in [0.3, 0.4) is 0 Å². The highest BCUT2D eigenvalue weighted by atomic mass is 16.3. The Labute approximate surface area is 131 Å². The number of nitrogens with zero attached hydrogens (tertiary/aromatic N) is 2. The van der Waals surface area contributed by atoms with Crippen LogP contribution in [0.25, 0.3) is 0 Å². The summed E-state index contributed by atoms with van der Waals surface area (Å²) in [5.41, 5.74) is 1.54. The maximum absolute atomic E-state index is 12.0. The second-order valence-corrected chi connectivity index (χ2v) is 6.80. The van der Waals surface area contributed by atoms with Crippen molar-refractivity contribution in [3.8, 4) is 0 Å². The molecule has 0 bridgehead atoms. The molecular weight excluding hydrogens is 280 g/mol. The van der Waals surface area contributed by atoms with Gasteiger partial charge in [-0.1, -0.05) is 0 Å². The van der Waals surface area contributed by atoms with E-state index in [-0.39, 0.29) is 12.5 Å². The van der Waals surface area contributed by atoms with Crippen molar-refractivity contribution in [1.82, 2.24) is 9.80 Å². The van der Waals surface area contributed by atoms with E-state index in [1.54, 1.807) is 6.26 Å². The quantitative estimate of drug-likeness (QED) is 0.902. The van der Waals surface area contributed by atoms with E-state index in [2.05, 4.69) is 4.90 Å². The molecule has 0 aromatic carbocycles. The number of rotatable bonds is 5. The lowest BCUT2D eigenvalue weighted by Gasteiger charge is -2.47. The Morgan fingerprint density at radius 1 is 1.27 bits per heavy atom. The monoisotopic (exact) mass is 306 g/mol. The number of aliphatic hydroxyl groups excluding tert-OH is 1. The highest BCUT2D eigenvalue weighted by Crippen LogP contribution is 2.40. The predicted octanol–water partition coefficient (Wildman–Crippen LogP) is 1.87. The molecule has 22 heavy (non-hydrogen) atoms. The molecule has 2 aliphatic rings. The summed E-state index contributed by atoms with van der Waals surface area (Å²) in [7, 11) is 0. The molecule has 2 saturated heterocycles. The van der Waals surface area contributed by atoms with Crippen LogP contribution >= 0.6 is 0 Å². The van der Waals surface area contributed by atoms with Gasteiger partial charge in [-0.05, 0) is 50.3 Å². The van der Waals surface area contributed by atoms with Crippen LogP contribution in [0.1, 0.15) is 37.7 Å². The topological polar surface area (TPSA) is 56.9 Å². The Bertz CT molecular complexity index is 478. The van der Waals surface area contributed by atoms with Gasteiger partial charge in [-0.25, -0.2) is 0 Å². The molecule has 1 amide bonds. The Morgan fingerprint density at radius 3 is 2.77 bits per heavy atom. The first-order chi connectivity index (χ1) is 10.7. The molecule has 1 N–H and O–H groups in total. The predicted molar refractivity (Wildman–Crippen MR) is 83.2 cm³/mol. The van der Waals surface area contributed by atoms with Crippen LogP contribution in [-0.4, -0.2) is 53.6 Å². The molecule has 1 aromatic heterocycles.